The van der Waals surface area contributed by atoms with E-state index in [1.165, 1.54) is 0 Å². The Labute approximate surface area is 149 Å². The molecule has 6 heteroatoms. The van der Waals surface area contributed by atoms with Gasteiger partial charge in [0.25, 0.3) is 0 Å². The number of amides is 1. The second kappa shape index (κ2) is 9.17. The predicted molar refractivity (Wildman–Crippen MR) is 96.6 cm³/mol. The topological polar surface area (TPSA) is 62.8 Å². The van der Waals surface area contributed by atoms with Crippen LogP contribution in [0.4, 0.5) is 0 Å². The Kier molecular flexibility index (Phi) is 6.67. The lowest BCUT2D eigenvalue weighted by atomic mass is 9.89. The highest BCUT2D eigenvalue weighted by Crippen LogP contribution is 2.20. The molecule has 1 aromatic carbocycles. The Morgan fingerprint density at radius 3 is 2.92 bits per heavy atom. The molecule has 2 aliphatic rings. The number of hydrogen-bond acceptors (Lipinski definition) is 5. The maximum Gasteiger partial charge on any atom is 0.224 e. The van der Waals surface area contributed by atoms with Crippen LogP contribution in [0.1, 0.15) is 12.0 Å². The van der Waals surface area contributed by atoms with Gasteiger partial charge in [0, 0.05) is 38.3 Å². The normalized spacial score (nSPS) is 24.7. The Balaban J connectivity index is 1.48. The monoisotopic (exact) mass is 347 g/mol. The number of piperidine rings is 1. The van der Waals surface area contributed by atoms with Gasteiger partial charge < -0.3 is 20.1 Å². The lowest BCUT2D eigenvalue weighted by Gasteiger charge is -2.34. The van der Waals surface area contributed by atoms with Crippen molar-refractivity contribution in [3.63, 3.8) is 0 Å². The van der Waals surface area contributed by atoms with E-state index in [1.54, 1.807) is 7.11 Å². The van der Waals surface area contributed by atoms with Crippen LogP contribution >= 0.6 is 0 Å². The van der Waals surface area contributed by atoms with Crippen LogP contribution in [0.25, 0.3) is 0 Å². The molecule has 2 fully saturated rings. The van der Waals surface area contributed by atoms with Crippen LogP contribution < -0.4 is 15.4 Å². The predicted octanol–water partition coefficient (Wildman–Crippen LogP) is 0.869. The fraction of sp³-hybridized carbons (Fsp3) is 0.632. The smallest absolute Gasteiger partial charge is 0.224 e. The van der Waals surface area contributed by atoms with Gasteiger partial charge >= 0.3 is 0 Å². The van der Waals surface area contributed by atoms with E-state index >= 15 is 0 Å². The summed E-state index contributed by atoms with van der Waals surface area (Å²) in [4.78, 5) is 15.0. The number of ether oxygens (including phenoxy) is 2. The molecule has 3 rings (SSSR count). The Hall–Kier alpha value is -1.63. The van der Waals surface area contributed by atoms with E-state index in [1.807, 2.05) is 24.3 Å². The van der Waals surface area contributed by atoms with E-state index in [4.69, 9.17) is 9.47 Å². The summed E-state index contributed by atoms with van der Waals surface area (Å²) in [7, 11) is 1.65. The molecule has 0 aromatic heterocycles. The zero-order chi connectivity index (χ0) is 17.5. The molecule has 6 nitrogen and oxygen atoms in total. The first kappa shape index (κ1) is 18.2. The molecule has 2 heterocycles. The highest BCUT2D eigenvalue weighted by Gasteiger charge is 2.28. The van der Waals surface area contributed by atoms with Crippen molar-refractivity contribution in [2.45, 2.75) is 13.0 Å². The molecule has 0 saturated carbocycles. The summed E-state index contributed by atoms with van der Waals surface area (Å²) in [6.07, 6.45) is 0.947. The molecule has 25 heavy (non-hydrogen) atoms. The molecule has 1 amide bonds. The Morgan fingerprint density at radius 1 is 1.32 bits per heavy atom. The van der Waals surface area contributed by atoms with Gasteiger partial charge in [-0.3, -0.25) is 9.69 Å². The van der Waals surface area contributed by atoms with Gasteiger partial charge in [-0.2, -0.15) is 0 Å². The first-order chi connectivity index (χ1) is 12.3. The molecule has 2 saturated heterocycles. The van der Waals surface area contributed by atoms with Crippen molar-refractivity contribution in [3.05, 3.63) is 29.8 Å². The Bertz CT molecular complexity index is 561. The molecule has 0 bridgehead atoms. The number of rotatable bonds is 6. The molecule has 0 radical (unpaired) electrons. The highest BCUT2D eigenvalue weighted by molar-refractivity contribution is 5.79. The Morgan fingerprint density at radius 2 is 2.12 bits per heavy atom. The molecule has 2 aliphatic heterocycles. The number of nitrogens with one attached hydrogen (secondary N) is 2. The first-order valence-corrected chi connectivity index (χ1v) is 9.16. The summed E-state index contributed by atoms with van der Waals surface area (Å²) >= 11 is 0. The van der Waals surface area contributed by atoms with Gasteiger partial charge in [0.1, 0.15) is 5.75 Å². The standard InChI is InChI=1S/C19H29N3O3/c1-24-18-5-3-2-4-16(18)13-21-19(23)17-10-15(11-20-12-17)14-22-6-8-25-9-7-22/h2-5,15,17,20H,6-14H2,1H3,(H,21,23)/t15-,17+/m0/s1. The van der Waals surface area contributed by atoms with Crippen LogP contribution in [-0.2, 0) is 16.1 Å². The molecule has 0 unspecified atom stereocenters. The number of carbonyl (C=O) groups is 1. The van der Waals surface area contributed by atoms with Crippen molar-refractivity contribution >= 4 is 5.91 Å². The van der Waals surface area contributed by atoms with Crippen molar-refractivity contribution in [3.8, 4) is 5.75 Å². The third-order valence-electron chi connectivity index (χ3n) is 5.08. The van der Waals surface area contributed by atoms with Crippen molar-refractivity contribution in [2.24, 2.45) is 11.8 Å². The number of carbonyl (C=O) groups excluding carboxylic acids is 1. The molecule has 2 N–H and O–H groups in total. The fourth-order valence-corrected chi connectivity index (χ4v) is 3.69. The first-order valence-electron chi connectivity index (χ1n) is 9.16. The van der Waals surface area contributed by atoms with Crippen molar-refractivity contribution in [1.29, 1.82) is 0 Å². The van der Waals surface area contributed by atoms with Crippen LogP contribution in [0.5, 0.6) is 5.75 Å². The number of benzene rings is 1. The SMILES string of the molecule is COc1ccccc1CNC(=O)[C@H]1CNC[C@@H](CN2CCOCC2)C1. The van der Waals surface area contributed by atoms with E-state index in [0.717, 1.165) is 63.7 Å². The lowest BCUT2D eigenvalue weighted by Crippen LogP contribution is -2.48. The second-order valence-electron chi connectivity index (χ2n) is 6.90. The third kappa shape index (κ3) is 5.17. The van der Waals surface area contributed by atoms with Crippen molar-refractivity contribution in [1.82, 2.24) is 15.5 Å². The quantitative estimate of drug-likeness (QED) is 0.800. The van der Waals surface area contributed by atoms with Crippen LogP contribution in [-0.4, -0.2) is 63.9 Å². The van der Waals surface area contributed by atoms with Gasteiger partial charge in [-0.05, 0) is 24.9 Å². The molecule has 2 atom stereocenters. The summed E-state index contributed by atoms with van der Waals surface area (Å²) in [6.45, 7) is 6.96. The van der Waals surface area contributed by atoms with Crippen LogP contribution in [0.2, 0.25) is 0 Å². The largest absolute Gasteiger partial charge is 0.496 e. The van der Waals surface area contributed by atoms with Gasteiger partial charge in [-0.1, -0.05) is 18.2 Å². The molecular formula is C19H29N3O3. The number of methoxy groups -OCH3 is 1. The molecule has 0 aliphatic carbocycles. The van der Waals surface area contributed by atoms with Gasteiger partial charge in [-0.25, -0.2) is 0 Å². The number of morpholine rings is 1. The number of para-hydroxylation sites is 1. The average molecular weight is 347 g/mol. The van der Waals surface area contributed by atoms with Gasteiger partial charge in [0.15, 0.2) is 0 Å². The minimum atomic E-state index is 0.0366. The van der Waals surface area contributed by atoms with Gasteiger partial charge in [0.2, 0.25) is 5.91 Å². The van der Waals surface area contributed by atoms with Crippen LogP contribution in [0.15, 0.2) is 24.3 Å². The maximum atomic E-state index is 12.6. The summed E-state index contributed by atoms with van der Waals surface area (Å²) in [5.74, 6) is 1.50. The van der Waals surface area contributed by atoms with E-state index in [0.29, 0.717) is 12.5 Å². The molecular weight excluding hydrogens is 318 g/mol. The maximum absolute atomic E-state index is 12.6. The van der Waals surface area contributed by atoms with E-state index < -0.39 is 0 Å². The molecule has 138 valence electrons. The van der Waals surface area contributed by atoms with Crippen molar-refractivity contribution in [2.75, 3.05) is 53.0 Å². The minimum Gasteiger partial charge on any atom is -0.496 e. The fourth-order valence-electron chi connectivity index (χ4n) is 3.69. The number of hydrogen-bond donors (Lipinski definition) is 2. The van der Waals surface area contributed by atoms with Gasteiger partial charge in [-0.15, -0.1) is 0 Å². The molecule has 1 aromatic rings. The summed E-state index contributed by atoms with van der Waals surface area (Å²) in [6, 6.07) is 7.80. The average Bonchev–Trinajstić information content (AvgIpc) is 2.67. The summed E-state index contributed by atoms with van der Waals surface area (Å²) in [5.41, 5.74) is 1.01. The van der Waals surface area contributed by atoms with Gasteiger partial charge in [0.05, 0.1) is 26.2 Å². The highest BCUT2D eigenvalue weighted by atomic mass is 16.5. The van der Waals surface area contributed by atoms with Crippen LogP contribution in [0, 0.1) is 11.8 Å². The number of nitrogens with zero attached hydrogens (tertiary/aromatic N) is 1. The third-order valence-corrected chi connectivity index (χ3v) is 5.08. The van der Waals surface area contributed by atoms with E-state index in [2.05, 4.69) is 15.5 Å². The minimum absolute atomic E-state index is 0.0366. The summed E-state index contributed by atoms with van der Waals surface area (Å²) in [5, 5.41) is 6.51. The van der Waals surface area contributed by atoms with Crippen molar-refractivity contribution < 1.29 is 14.3 Å². The molecule has 0 spiro atoms. The zero-order valence-electron chi connectivity index (χ0n) is 15.0. The van der Waals surface area contributed by atoms with Crippen LogP contribution in [0.3, 0.4) is 0 Å². The second-order valence-corrected chi connectivity index (χ2v) is 6.90. The lowest BCUT2D eigenvalue weighted by molar-refractivity contribution is -0.126. The zero-order valence-corrected chi connectivity index (χ0v) is 15.0. The summed E-state index contributed by atoms with van der Waals surface area (Å²) < 4.78 is 10.8. The van der Waals surface area contributed by atoms with E-state index in [-0.39, 0.29) is 11.8 Å². The van der Waals surface area contributed by atoms with E-state index in [9.17, 15) is 4.79 Å².